The van der Waals surface area contributed by atoms with Crippen LogP contribution in [0.3, 0.4) is 0 Å². The zero-order chi connectivity index (χ0) is 16.0. The number of anilines is 1. The molecule has 2 aromatic heterocycles. The zero-order valence-electron chi connectivity index (χ0n) is 12.7. The van der Waals surface area contributed by atoms with Gasteiger partial charge in [0.05, 0.1) is 11.2 Å². The van der Waals surface area contributed by atoms with Crippen LogP contribution in [0.1, 0.15) is 12.8 Å². The molecule has 116 valence electrons. The minimum Gasteiger partial charge on any atom is -0.343 e. The van der Waals surface area contributed by atoms with Gasteiger partial charge in [-0.25, -0.2) is 4.98 Å². The van der Waals surface area contributed by atoms with Crippen molar-refractivity contribution >= 4 is 34.2 Å². The van der Waals surface area contributed by atoms with Crippen molar-refractivity contribution in [3.8, 4) is 11.3 Å². The van der Waals surface area contributed by atoms with Crippen molar-refractivity contribution in [1.82, 2.24) is 9.55 Å². The van der Waals surface area contributed by atoms with Crippen molar-refractivity contribution in [2.24, 2.45) is 13.0 Å². The molecule has 0 unspecified atom stereocenters. The van der Waals surface area contributed by atoms with Crippen LogP contribution in [-0.2, 0) is 11.8 Å². The summed E-state index contributed by atoms with van der Waals surface area (Å²) in [5, 5.41) is 4.63. The van der Waals surface area contributed by atoms with Crippen LogP contribution >= 0.6 is 11.6 Å². The van der Waals surface area contributed by atoms with E-state index in [0.717, 1.165) is 35.0 Å². The van der Waals surface area contributed by atoms with Crippen molar-refractivity contribution in [2.45, 2.75) is 12.8 Å². The first-order chi connectivity index (χ1) is 11.1. The summed E-state index contributed by atoms with van der Waals surface area (Å²) in [5.41, 5.74) is 3.02. The van der Waals surface area contributed by atoms with E-state index in [9.17, 15) is 4.79 Å². The molecule has 0 aliphatic heterocycles. The predicted octanol–water partition coefficient (Wildman–Crippen LogP) is 4.24. The SMILES string of the molecule is Cn1c(-c2ccccc2Cl)cc2cnc(NC(=O)C3CC3)cc21. The lowest BCUT2D eigenvalue weighted by atomic mass is 10.1. The first-order valence-corrected chi connectivity index (χ1v) is 8.02. The van der Waals surface area contributed by atoms with Crippen LogP contribution in [0.25, 0.3) is 22.2 Å². The summed E-state index contributed by atoms with van der Waals surface area (Å²) in [4.78, 5) is 16.2. The highest BCUT2D eigenvalue weighted by Crippen LogP contribution is 2.33. The summed E-state index contributed by atoms with van der Waals surface area (Å²) in [6, 6.07) is 11.7. The Labute approximate surface area is 139 Å². The number of hydrogen-bond donors (Lipinski definition) is 1. The minimum absolute atomic E-state index is 0.0670. The fraction of sp³-hybridized carbons (Fsp3) is 0.222. The highest BCUT2D eigenvalue weighted by molar-refractivity contribution is 6.33. The van der Waals surface area contributed by atoms with Crippen LogP contribution < -0.4 is 5.32 Å². The summed E-state index contributed by atoms with van der Waals surface area (Å²) in [6.45, 7) is 0. The number of hydrogen-bond acceptors (Lipinski definition) is 2. The number of nitrogens with one attached hydrogen (secondary N) is 1. The van der Waals surface area contributed by atoms with E-state index in [1.807, 2.05) is 37.4 Å². The molecule has 5 heteroatoms. The molecule has 2 heterocycles. The molecule has 0 atom stereocenters. The number of amides is 1. The van der Waals surface area contributed by atoms with Crippen LogP contribution in [0.5, 0.6) is 0 Å². The average molecular weight is 326 g/mol. The fourth-order valence-electron chi connectivity index (χ4n) is 2.80. The third-order valence-electron chi connectivity index (χ3n) is 4.28. The molecule has 3 aromatic rings. The van der Waals surface area contributed by atoms with Crippen LogP contribution in [0.4, 0.5) is 5.82 Å². The molecule has 1 fully saturated rings. The second kappa shape index (κ2) is 5.39. The summed E-state index contributed by atoms with van der Waals surface area (Å²) in [7, 11) is 1.99. The third kappa shape index (κ3) is 2.59. The van der Waals surface area contributed by atoms with Crippen LogP contribution in [0, 0.1) is 5.92 Å². The van der Waals surface area contributed by atoms with Crippen LogP contribution in [0.15, 0.2) is 42.6 Å². The highest BCUT2D eigenvalue weighted by atomic mass is 35.5. The van der Waals surface area contributed by atoms with Crippen LogP contribution in [0.2, 0.25) is 5.02 Å². The highest BCUT2D eigenvalue weighted by Gasteiger charge is 2.29. The maximum Gasteiger partial charge on any atom is 0.228 e. The van der Waals surface area contributed by atoms with Gasteiger partial charge in [-0.1, -0.05) is 29.8 Å². The monoisotopic (exact) mass is 325 g/mol. The predicted molar refractivity (Wildman–Crippen MR) is 92.5 cm³/mol. The van der Waals surface area contributed by atoms with Gasteiger partial charge in [0, 0.05) is 41.2 Å². The Hall–Kier alpha value is -2.33. The van der Waals surface area contributed by atoms with E-state index in [-0.39, 0.29) is 11.8 Å². The first kappa shape index (κ1) is 14.3. The minimum atomic E-state index is 0.0670. The molecule has 1 aromatic carbocycles. The molecule has 0 saturated heterocycles. The number of aromatic nitrogens is 2. The Morgan fingerprint density at radius 3 is 2.83 bits per heavy atom. The van der Waals surface area contributed by atoms with E-state index in [0.29, 0.717) is 10.8 Å². The molecule has 23 heavy (non-hydrogen) atoms. The Kier molecular flexibility index (Phi) is 3.34. The van der Waals surface area contributed by atoms with E-state index in [1.54, 1.807) is 6.20 Å². The molecule has 1 amide bonds. The standard InChI is InChI=1S/C18H16ClN3O/c1-22-15-9-17(21-18(23)11-6-7-11)20-10-12(15)8-16(22)13-4-2-3-5-14(13)19/h2-5,8-11H,6-7H2,1H3,(H,20,21,23). The molecule has 0 radical (unpaired) electrons. The number of carbonyl (C=O) groups excluding carboxylic acids is 1. The first-order valence-electron chi connectivity index (χ1n) is 7.65. The molecule has 1 N–H and O–H groups in total. The lowest BCUT2D eigenvalue weighted by Crippen LogP contribution is -2.14. The van der Waals surface area contributed by atoms with E-state index in [4.69, 9.17) is 11.6 Å². The van der Waals surface area contributed by atoms with Gasteiger partial charge in [0.15, 0.2) is 0 Å². The maximum atomic E-state index is 11.9. The molecular formula is C18H16ClN3O. The number of fused-ring (bicyclic) bond motifs is 1. The largest absolute Gasteiger partial charge is 0.343 e. The number of benzene rings is 1. The number of rotatable bonds is 3. The Balaban J connectivity index is 1.75. The Morgan fingerprint density at radius 1 is 1.30 bits per heavy atom. The summed E-state index contributed by atoms with van der Waals surface area (Å²) < 4.78 is 2.07. The molecule has 1 aliphatic carbocycles. The number of pyridine rings is 1. The van der Waals surface area contributed by atoms with Crippen LogP contribution in [-0.4, -0.2) is 15.5 Å². The maximum absolute atomic E-state index is 11.9. The molecular weight excluding hydrogens is 310 g/mol. The molecule has 1 saturated carbocycles. The van der Waals surface area contributed by atoms with Crippen molar-refractivity contribution in [1.29, 1.82) is 0 Å². The fourth-order valence-corrected chi connectivity index (χ4v) is 3.03. The second-order valence-corrected chi connectivity index (χ2v) is 6.37. The third-order valence-corrected chi connectivity index (χ3v) is 4.61. The van der Waals surface area contributed by atoms with Gasteiger partial charge in [0.25, 0.3) is 0 Å². The van der Waals surface area contributed by atoms with Gasteiger partial charge in [-0.05, 0) is 25.0 Å². The van der Waals surface area contributed by atoms with E-state index < -0.39 is 0 Å². The molecule has 4 nitrogen and oxygen atoms in total. The summed E-state index contributed by atoms with van der Waals surface area (Å²) in [5.74, 6) is 0.832. The lowest BCUT2D eigenvalue weighted by Gasteiger charge is -2.07. The summed E-state index contributed by atoms with van der Waals surface area (Å²) >= 11 is 6.31. The normalized spacial score (nSPS) is 14.2. The topological polar surface area (TPSA) is 46.9 Å². The van der Waals surface area contributed by atoms with Crippen molar-refractivity contribution in [2.75, 3.05) is 5.32 Å². The smallest absolute Gasteiger partial charge is 0.228 e. The molecule has 0 spiro atoms. The van der Waals surface area contributed by atoms with Gasteiger partial charge >= 0.3 is 0 Å². The van der Waals surface area contributed by atoms with E-state index >= 15 is 0 Å². The van der Waals surface area contributed by atoms with Gasteiger partial charge < -0.3 is 9.88 Å². The second-order valence-electron chi connectivity index (χ2n) is 5.96. The number of halogens is 1. The van der Waals surface area contributed by atoms with Crippen molar-refractivity contribution in [3.05, 3.63) is 47.6 Å². The van der Waals surface area contributed by atoms with Gasteiger partial charge in [0.1, 0.15) is 5.82 Å². The Morgan fingerprint density at radius 2 is 2.09 bits per heavy atom. The molecule has 1 aliphatic rings. The lowest BCUT2D eigenvalue weighted by molar-refractivity contribution is -0.117. The number of carbonyl (C=O) groups is 1. The number of aryl methyl sites for hydroxylation is 1. The van der Waals surface area contributed by atoms with Crippen molar-refractivity contribution < 1.29 is 4.79 Å². The Bertz CT molecular complexity index is 912. The van der Waals surface area contributed by atoms with E-state index in [2.05, 4.69) is 20.9 Å². The van der Waals surface area contributed by atoms with Crippen molar-refractivity contribution in [3.63, 3.8) is 0 Å². The quantitative estimate of drug-likeness (QED) is 0.782. The molecule has 4 rings (SSSR count). The van der Waals surface area contributed by atoms with Gasteiger partial charge in [-0.3, -0.25) is 4.79 Å². The number of nitrogens with zero attached hydrogens (tertiary/aromatic N) is 2. The summed E-state index contributed by atoms with van der Waals surface area (Å²) in [6.07, 6.45) is 3.75. The van der Waals surface area contributed by atoms with E-state index in [1.165, 1.54) is 0 Å². The molecule has 0 bridgehead atoms. The van der Waals surface area contributed by atoms with Gasteiger partial charge in [-0.2, -0.15) is 0 Å². The van der Waals surface area contributed by atoms with Gasteiger partial charge in [-0.15, -0.1) is 0 Å². The average Bonchev–Trinajstić information content (AvgIpc) is 3.34. The zero-order valence-corrected chi connectivity index (χ0v) is 13.5. The van der Waals surface area contributed by atoms with Gasteiger partial charge in [0.2, 0.25) is 5.91 Å².